The van der Waals surface area contributed by atoms with Crippen molar-refractivity contribution >= 4 is 9.84 Å². The minimum absolute atomic E-state index is 0.0951. The predicted octanol–water partition coefficient (Wildman–Crippen LogP) is 5.02. The fourth-order valence-electron chi connectivity index (χ4n) is 6.46. The molecule has 6 rings (SSSR count). The molecule has 7 nitrogen and oxygen atoms in total. The topological polar surface area (TPSA) is 98.6 Å². The van der Waals surface area contributed by atoms with Crippen molar-refractivity contribution in [2.75, 3.05) is 6.26 Å². The smallest absolute Gasteiger partial charge is 0.151 e. The molecule has 0 unspecified atom stereocenters. The number of pyridine rings is 1. The molecule has 0 radical (unpaired) electrons. The Kier molecular flexibility index (Phi) is 5.47. The molecule has 4 aromatic rings. The summed E-state index contributed by atoms with van der Waals surface area (Å²) >= 11 is 0. The van der Waals surface area contributed by atoms with E-state index in [1.807, 2.05) is 0 Å². The van der Waals surface area contributed by atoms with Gasteiger partial charge in [-0.1, -0.05) is 19.9 Å². The molecule has 0 N–H and O–H groups in total. The third kappa shape index (κ3) is 3.65. The van der Waals surface area contributed by atoms with E-state index in [4.69, 9.17) is 4.98 Å². The monoisotopic (exact) mass is 533 g/mol. The molecule has 194 valence electrons. The summed E-state index contributed by atoms with van der Waals surface area (Å²) in [6.45, 7) is 4.32. The molecule has 0 aliphatic heterocycles. The number of benzene rings is 1. The van der Waals surface area contributed by atoms with Crippen LogP contribution < -0.4 is 0 Å². The molecule has 2 atom stereocenters. The van der Waals surface area contributed by atoms with E-state index >= 15 is 0 Å². The lowest BCUT2D eigenvalue weighted by Crippen LogP contribution is -2.38. The molecule has 2 aliphatic carbocycles. The maximum Gasteiger partial charge on any atom is 0.151 e. The van der Waals surface area contributed by atoms with E-state index in [9.17, 15) is 17.2 Å². The minimum atomic E-state index is -3.21. The van der Waals surface area contributed by atoms with Crippen LogP contribution in [0.3, 0.4) is 0 Å². The Labute approximate surface area is 219 Å². The van der Waals surface area contributed by atoms with Gasteiger partial charge in [0.25, 0.3) is 0 Å². The first kappa shape index (κ1) is 24.7. The van der Waals surface area contributed by atoms with Crippen LogP contribution in [0.4, 0.5) is 8.78 Å². The summed E-state index contributed by atoms with van der Waals surface area (Å²) in [5, 5.41) is 8.84. The Balaban J connectivity index is 1.47. The highest BCUT2D eigenvalue weighted by molar-refractivity contribution is 7.89. The second-order valence-corrected chi connectivity index (χ2v) is 12.9. The number of aromatic nitrogens is 5. The van der Waals surface area contributed by atoms with E-state index in [0.717, 1.165) is 29.8 Å². The van der Waals surface area contributed by atoms with Crippen molar-refractivity contribution in [3.63, 3.8) is 0 Å². The van der Waals surface area contributed by atoms with Crippen molar-refractivity contribution in [1.29, 1.82) is 0 Å². The molecular formula is C28H25F2N5O2S. The van der Waals surface area contributed by atoms with Crippen LogP contribution in [-0.2, 0) is 21.0 Å². The third-order valence-corrected chi connectivity index (χ3v) is 9.05. The van der Waals surface area contributed by atoms with Crippen LogP contribution in [0.1, 0.15) is 55.1 Å². The highest BCUT2D eigenvalue weighted by Gasteiger charge is 2.65. The Bertz CT molecular complexity index is 1690. The van der Waals surface area contributed by atoms with Gasteiger partial charge in [-0.25, -0.2) is 22.2 Å². The number of nitrogens with zero attached hydrogens (tertiary/aromatic N) is 5. The number of hydrogen-bond donors (Lipinski definition) is 0. The van der Waals surface area contributed by atoms with Gasteiger partial charge in [-0.15, -0.1) is 5.10 Å². The Morgan fingerprint density at radius 1 is 1.00 bits per heavy atom. The molecule has 0 amide bonds. The number of fused-ring (bicyclic) bond motifs is 5. The number of halogens is 2. The normalized spacial score (nSPS) is 21.4. The van der Waals surface area contributed by atoms with Crippen LogP contribution in [0.2, 0.25) is 0 Å². The van der Waals surface area contributed by atoms with E-state index < -0.39 is 26.9 Å². The van der Waals surface area contributed by atoms with Crippen molar-refractivity contribution in [2.24, 2.45) is 5.41 Å². The average Bonchev–Trinajstić information content (AvgIpc) is 3.24. The van der Waals surface area contributed by atoms with Gasteiger partial charge in [-0.2, -0.15) is 5.10 Å². The zero-order chi connectivity index (χ0) is 26.9. The Morgan fingerprint density at radius 2 is 1.76 bits per heavy atom. The fourth-order valence-corrected chi connectivity index (χ4v) is 7.24. The summed E-state index contributed by atoms with van der Waals surface area (Å²) in [7, 11) is -3.21. The van der Waals surface area contributed by atoms with Gasteiger partial charge in [0.15, 0.2) is 9.84 Å². The third-order valence-electron chi connectivity index (χ3n) is 8.19. The number of rotatable bonds is 5. The summed E-state index contributed by atoms with van der Waals surface area (Å²) in [6, 6.07) is 8.91. The highest BCUT2D eigenvalue weighted by atomic mass is 32.2. The van der Waals surface area contributed by atoms with Gasteiger partial charge >= 0.3 is 0 Å². The molecule has 1 saturated carbocycles. The van der Waals surface area contributed by atoms with Crippen LogP contribution >= 0.6 is 0 Å². The lowest BCUT2D eigenvalue weighted by atomic mass is 9.66. The van der Waals surface area contributed by atoms with E-state index in [1.165, 1.54) is 24.5 Å². The maximum absolute atomic E-state index is 14.5. The minimum Gasteiger partial charge on any atom is -0.260 e. The van der Waals surface area contributed by atoms with Crippen molar-refractivity contribution < 1.29 is 17.2 Å². The van der Waals surface area contributed by atoms with Crippen LogP contribution in [-0.4, -0.2) is 39.8 Å². The first-order chi connectivity index (χ1) is 18.0. The molecule has 3 aromatic heterocycles. The van der Waals surface area contributed by atoms with Gasteiger partial charge in [0, 0.05) is 18.6 Å². The molecule has 2 aliphatic rings. The summed E-state index contributed by atoms with van der Waals surface area (Å²) in [5.74, 6) is -1.35. The van der Waals surface area contributed by atoms with Gasteiger partial charge in [-0.3, -0.25) is 9.97 Å². The number of hydrogen-bond acceptors (Lipinski definition) is 7. The summed E-state index contributed by atoms with van der Waals surface area (Å²) < 4.78 is 52.7. The van der Waals surface area contributed by atoms with E-state index in [-0.39, 0.29) is 28.3 Å². The van der Waals surface area contributed by atoms with Crippen molar-refractivity contribution in [1.82, 2.24) is 25.1 Å². The average molecular weight is 534 g/mol. The second kappa shape index (κ2) is 8.42. The van der Waals surface area contributed by atoms with Gasteiger partial charge in [-0.05, 0) is 65.6 Å². The van der Waals surface area contributed by atoms with Gasteiger partial charge in [0.1, 0.15) is 17.3 Å². The Hall–Kier alpha value is -3.66. The molecule has 1 aromatic carbocycles. The quantitative estimate of drug-likeness (QED) is 0.355. The van der Waals surface area contributed by atoms with Crippen molar-refractivity contribution in [3.8, 4) is 22.6 Å². The van der Waals surface area contributed by atoms with Gasteiger partial charge in [0.2, 0.25) is 0 Å². The lowest BCUT2D eigenvalue weighted by molar-refractivity contribution is 0.242. The molecule has 1 fully saturated rings. The zero-order valence-corrected chi connectivity index (χ0v) is 21.9. The zero-order valence-electron chi connectivity index (χ0n) is 21.1. The molecule has 38 heavy (non-hydrogen) atoms. The summed E-state index contributed by atoms with van der Waals surface area (Å²) in [6.07, 6.45) is 7.73. The molecule has 10 heteroatoms. The van der Waals surface area contributed by atoms with Gasteiger partial charge in [0.05, 0.1) is 45.7 Å². The standard InChI is InChI=1S/C28H25F2N5O2S/c1-27(2)18-7-9-28(27,26-17(18)12-22(34-35-26)25-19(29)5-4-6-20(25)30)24-14-31-13-23(33-24)21-11-16(8-10-32-21)15-38(3,36)37/h4-6,8,10-14,18H,7,9,15H2,1-3H3/t18-,28-/m0/s1. The van der Waals surface area contributed by atoms with E-state index in [2.05, 4.69) is 34.0 Å². The summed E-state index contributed by atoms with van der Waals surface area (Å²) in [4.78, 5) is 13.9. The van der Waals surface area contributed by atoms with Gasteiger partial charge < -0.3 is 0 Å². The lowest BCUT2D eigenvalue weighted by Gasteiger charge is -2.37. The largest absolute Gasteiger partial charge is 0.260 e. The first-order valence-electron chi connectivity index (χ1n) is 12.3. The predicted molar refractivity (Wildman–Crippen MR) is 138 cm³/mol. The number of sulfone groups is 1. The highest BCUT2D eigenvalue weighted by Crippen LogP contribution is 2.69. The molecule has 0 saturated heterocycles. The van der Waals surface area contributed by atoms with Crippen LogP contribution in [0.5, 0.6) is 0 Å². The SMILES string of the molecule is CC1(C)[C@H]2CC[C@]1(c1cncc(-c3cc(CS(C)(=O)=O)ccn3)n1)c1nnc(-c3c(F)cccc3F)cc12. The van der Waals surface area contributed by atoms with E-state index in [0.29, 0.717) is 17.0 Å². The molecule has 0 spiro atoms. The first-order valence-corrected chi connectivity index (χ1v) is 14.4. The van der Waals surface area contributed by atoms with Crippen LogP contribution in [0.15, 0.2) is 55.0 Å². The fraction of sp³-hybridized carbons (Fsp3) is 0.321. The van der Waals surface area contributed by atoms with Crippen molar-refractivity contribution in [3.05, 3.63) is 89.1 Å². The second-order valence-electron chi connectivity index (χ2n) is 10.8. The molecular weight excluding hydrogens is 508 g/mol. The maximum atomic E-state index is 14.5. The van der Waals surface area contributed by atoms with Crippen molar-refractivity contribution in [2.45, 2.75) is 43.8 Å². The van der Waals surface area contributed by atoms with Crippen LogP contribution in [0.25, 0.3) is 22.6 Å². The molecule has 3 heterocycles. The summed E-state index contributed by atoms with van der Waals surface area (Å²) in [5.41, 5.74) is 3.15. The van der Waals surface area contributed by atoms with E-state index in [1.54, 1.807) is 36.8 Å². The Morgan fingerprint density at radius 3 is 2.50 bits per heavy atom. The molecule has 2 bridgehead atoms. The van der Waals surface area contributed by atoms with Crippen LogP contribution in [0, 0.1) is 17.0 Å².